The summed E-state index contributed by atoms with van der Waals surface area (Å²) in [5.74, 6) is 1.67. The van der Waals surface area contributed by atoms with Crippen molar-refractivity contribution >= 4 is 39.5 Å². The Morgan fingerprint density at radius 3 is 2.39 bits per heavy atom. The minimum atomic E-state index is 0.0340. The average Bonchev–Trinajstić information content (AvgIpc) is 3.12. The number of benzene rings is 2. The molecule has 0 saturated heterocycles. The van der Waals surface area contributed by atoms with E-state index in [-0.39, 0.29) is 11.8 Å². The van der Waals surface area contributed by atoms with Crippen molar-refractivity contribution in [2.24, 2.45) is 5.92 Å². The third-order valence-electron chi connectivity index (χ3n) is 6.15. The fraction of sp³-hybridized carbons (Fsp3) is 0.346. The van der Waals surface area contributed by atoms with E-state index >= 15 is 0 Å². The van der Waals surface area contributed by atoms with Gasteiger partial charge in [0.15, 0.2) is 0 Å². The van der Waals surface area contributed by atoms with Crippen LogP contribution in [0.1, 0.15) is 42.7 Å². The molecule has 174 valence electrons. The first kappa shape index (κ1) is 23.6. The molecule has 1 amide bonds. The first-order valence-electron chi connectivity index (χ1n) is 11.4. The Bertz CT molecular complexity index is 1090. The number of amides is 1. The third kappa shape index (κ3) is 5.69. The first-order valence-corrected chi connectivity index (χ1v) is 12.6. The van der Waals surface area contributed by atoms with E-state index < -0.39 is 0 Å². The summed E-state index contributed by atoms with van der Waals surface area (Å²) in [5, 5.41) is 4.58. The molecular weight excluding hydrogens is 454 g/mol. The van der Waals surface area contributed by atoms with E-state index in [4.69, 9.17) is 22.1 Å². The van der Waals surface area contributed by atoms with Crippen LogP contribution in [0.4, 0.5) is 10.7 Å². The van der Waals surface area contributed by atoms with Crippen molar-refractivity contribution in [3.63, 3.8) is 0 Å². The lowest BCUT2D eigenvalue weighted by Crippen LogP contribution is -2.29. The van der Waals surface area contributed by atoms with Crippen molar-refractivity contribution < 1.29 is 9.53 Å². The fourth-order valence-corrected chi connectivity index (χ4v) is 5.48. The molecule has 0 fully saturated rings. The van der Waals surface area contributed by atoms with Crippen molar-refractivity contribution in [2.45, 2.75) is 46.2 Å². The predicted octanol–water partition coefficient (Wildman–Crippen LogP) is 6.71. The number of nitrogens with zero attached hydrogens (tertiary/aromatic N) is 1. The lowest BCUT2D eigenvalue weighted by atomic mass is 10.0. The molecule has 0 radical (unpaired) electrons. The van der Waals surface area contributed by atoms with Gasteiger partial charge in [0.05, 0.1) is 5.69 Å². The van der Waals surface area contributed by atoms with Gasteiger partial charge in [-0.15, -0.1) is 11.3 Å². The van der Waals surface area contributed by atoms with Crippen LogP contribution in [-0.4, -0.2) is 17.4 Å². The molecule has 3 N–H and O–H groups in total. The van der Waals surface area contributed by atoms with Crippen LogP contribution >= 0.6 is 22.9 Å². The number of nitrogens with one attached hydrogen (secondary N) is 1. The quantitative estimate of drug-likeness (QED) is 0.373. The standard InChI is InChI=1S/C26H30ClN3O2S/c1-3-18(4-2)25(31)29-26-24(28)22-13-14-30(16-23(22)33-26)15-17-5-9-20(10-6-17)32-21-11-7-19(27)8-12-21/h5-12,18H,3-4,13-16,28H2,1-2H3,(H,29,31). The molecule has 2 heterocycles. The fourth-order valence-electron chi connectivity index (χ4n) is 4.14. The number of hydrogen-bond acceptors (Lipinski definition) is 5. The summed E-state index contributed by atoms with van der Waals surface area (Å²) in [6.07, 6.45) is 2.57. The molecule has 1 aliphatic heterocycles. The lowest BCUT2D eigenvalue weighted by molar-refractivity contribution is -0.120. The Hall–Kier alpha value is -2.54. The van der Waals surface area contributed by atoms with Crippen LogP contribution in [0.15, 0.2) is 48.5 Å². The topological polar surface area (TPSA) is 67.6 Å². The van der Waals surface area contributed by atoms with Crippen molar-refractivity contribution in [1.29, 1.82) is 0 Å². The maximum absolute atomic E-state index is 12.5. The Kier molecular flexibility index (Phi) is 7.58. The van der Waals surface area contributed by atoms with Crippen LogP contribution in [0.3, 0.4) is 0 Å². The van der Waals surface area contributed by atoms with Crippen LogP contribution in [0.5, 0.6) is 11.5 Å². The Morgan fingerprint density at radius 1 is 1.12 bits per heavy atom. The minimum absolute atomic E-state index is 0.0340. The highest BCUT2D eigenvalue weighted by atomic mass is 35.5. The molecule has 33 heavy (non-hydrogen) atoms. The predicted molar refractivity (Wildman–Crippen MR) is 137 cm³/mol. The van der Waals surface area contributed by atoms with Crippen molar-refractivity contribution in [3.05, 3.63) is 69.6 Å². The summed E-state index contributed by atoms with van der Waals surface area (Å²) in [4.78, 5) is 16.2. The maximum atomic E-state index is 12.5. The molecule has 2 aromatic carbocycles. The number of thiophene rings is 1. The summed E-state index contributed by atoms with van der Waals surface area (Å²) >= 11 is 7.55. The van der Waals surface area contributed by atoms with Gasteiger partial charge in [-0.05, 0) is 66.8 Å². The number of nitrogens with two attached hydrogens (primary N) is 1. The number of fused-ring (bicyclic) bond motifs is 1. The molecule has 0 saturated carbocycles. The molecule has 0 aliphatic carbocycles. The maximum Gasteiger partial charge on any atom is 0.228 e. The molecular formula is C26H30ClN3O2S. The second-order valence-electron chi connectivity index (χ2n) is 8.41. The van der Waals surface area contributed by atoms with Crippen molar-refractivity contribution in [3.8, 4) is 11.5 Å². The number of rotatable bonds is 8. The summed E-state index contributed by atoms with van der Waals surface area (Å²) in [6, 6.07) is 15.5. The largest absolute Gasteiger partial charge is 0.457 e. The van der Waals surface area contributed by atoms with Gasteiger partial charge in [0.25, 0.3) is 0 Å². The van der Waals surface area contributed by atoms with E-state index in [0.717, 1.165) is 61.1 Å². The number of carbonyl (C=O) groups is 1. The third-order valence-corrected chi connectivity index (χ3v) is 7.55. The summed E-state index contributed by atoms with van der Waals surface area (Å²) < 4.78 is 5.89. The van der Waals surface area contributed by atoms with Crippen molar-refractivity contribution in [1.82, 2.24) is 4.90 Å². The van der Waals surface area contributed by atoms with E-state index in [2.05, 4.69) is 22.3 Å². The second kappa shape index (κ2) is 10.6. The molecule has 4 rings (SSSR count). The van der Waals surface area contributed by atoms with Crippen LogP contribution in [-0.2, 0) is 24.3 Å². The highest BCUT2D eigenvalue weighted by Crippen LogP contribution is 2.40. The van der Waals surface area contributed by atoms with Gasteiger partial charge in [0.2, 0.25) is 5.91 Å². The number of anilines is 2. The normalized spacial score (nSPS) is 13.7. The zero-order chi connectivity index (χ0) is 23.4. The van der Waals surface area contributed by atoms with E-state index in [1.54, 1.807) is 11.3 Å². The van der Waals surface area contributed by atoms with Crippen molar-refractivity contribution in [2.75, 3.05) is 17.6 Å². The highest BCUT2D eigenvalue weighted by molar-refractivity contribution is 7.17. The smallest absolute Gasteiger partial charge is 0.228 e. The summed E-state index contributed by atoms with van der Waals surface area (Å²) in [7, 11) is 0. The molecule has 0 unspecified atom stereocenters. The van der Waals surface area contributed by atoms with Gasteiger partial charge >= 0.3 is 0 Å². The van der Waals surface area contributed by atoms with Crippen LogP contribution in [0, 0.1) is 5.92 Å². The second-order valence-corrected chi connectivity index (χ2v) is 9.95. The minimum Gasteiger partial charge on any atom is -0.457 e. The molecule has 5 nitrogen and oxygen atoms in total. The summed E-state index contributed by atoms with van der Waals surface area (Å²) in [6.45, 7) is 6.73. The molecule has 0 atom stereocenters. The first-order chi connectivity index (χ1) is 16.0. The molecule has 1 aromatic heterocycles. The van der Waals surface area contributed by atoms with Crippen LogP contribution in [0.25, 0.3) is 0 Å². The molecule has 7 heteroatoms. The van der Waals surface area contributed by atoms with Gasteiger partial charge in [-0.2, -0.15) is 0 Å². The number of ether oxygens (including phenoxy) is 1. The average molecular weight is 484 g/mol. The van der Waals surface area contributed by atoms with Crippen LogP contribution in [0.2, 0.25) is 5.02 Å². The highest BCUT2D eigenvalue weighted by Gasteiger charge is 2.25. The molecule has 0 spiro atoms. The zero-order valence-electron chi connectivity index (χ0n) is 19.1. The Balaban J connectivity index is 1.37. The SMILES string of the molecule is CCC(CC)C(=O)Nc1sc2c(c1N)CCN(Cc1ccc(Oc3ccc(Cl)cc3)cc1)C2. The van der Waals surface area contributed by atoms with E-state index in [1.807, 2.05) is 50.2 Å². The van der Waals surface area contributed by atoms with Gasteiger partial charge in [-0.3, -0.25) is 9.69 Å². The van der Waals surface area contributed by atoms with Gasteiger partial charge in [0.1, 0.15) is 16.5 Å². The molecule has 0 bridgehead atoms. The van der Waals surface area contributed by atoms with Gasteiger partial charge in [-0.1, -0.05) is 37.6 Å². The molecule has 1 aliphatic rings. The molecule has 3 aromatic rings. The van der Waals surface area contributed by atoms with Gasteiger partial charge in [-0.25, -0.2) is 0 Å². The zero-order valence-corrected chi connectivity index (χ0v) is 20.6. The monoisotopic (exact) mass is 483 g/mol. The van der Waals surface area contributed by atoms with E-state index in [1.165, 1.54) is 16.0 Å². The Morgan fingerprint density at radius 2 is 1.76 bits per heavy atom. The Labute approximate surface area is 204 Å². The number of hydrogen-bond donors (Lipinski definition) is 2. The van der Waals surface area contributed by atoms with Gasteiger partial charge in [0, 0.05) is 35.5 Å². The van der Waals surface area contributed by atoms with Gasteiger partial charge < -0.3 is 15.8 Å². The number of halogens is 1. The van der Waals surface area contributed by atoms with Crippen LogP contribution < -0.4 is 15.8 Å². The summed E-state index contributed by atoms with van der Waals surface area (Å²) in [5.41, 5.74) is 9.57. The number of nitrogen functional groups attached to an aromatic ring is 1. The van der Waals surface area contributed by atoms with E-state index in [9.17, 15) is 4.79 Å². The van der Waals surface area contributed by atoms with E-state index in [0.29, 0.717) is 5.02 Å². The lowest BCUT2D eigenvalue weighted by Gasteiger charge is -2.27. The number of carbonyl (C=O) groups excluding carboxylic acids is 1.